The number of fused-ring (bicyclic) bond motifs is 1. The van der Waals surface area contributed by atoms with Crippen LogP contribution in [0.5, 0.6) is 0 Å². The summed E-state index contributed by atoms with van der Waals surface area (Å²) in [5.74, 6) is 0.438. The molecule has 0 saturated carbocycles. The molecule has 0 fully saturated rings. The molecule has 8 heteroatoms. The number of carbonyl (C=O) groups excluding carboxylic acids is 1. The number of H-pyrrole nitrogens is 1. The summed E-state index contributed by atoms with van der Waals surface area (Å²) in [6.45, 7) is 5.84. The molecule has 3 rings (SSSR count). The summed E-state index contributed by atoms with van der Waals surface area (Å²) in [6.07, 6.45) is 3.17. The Hall–Kier alpha value is -3.47. The first-order chi connectivity index (χ1) is 13.9. The van der Waals surface area contributed by atoms with E-state index in [1.165, 1.54) is 9.42 Å². The van der Waals surface area contributed by atoms with Crippen LogP contribution >= 0.6 is 0 Å². The van der Waals surface area contributed by atoms with Crippen LogP contribution in [-0.4, -0.2) is 25.5 Å². The molecule has 29 heavy (non-hydrogen) atoms. The first-order valence-corrected chi connectivity index (χ1v) is 9.70. The Balaban J connectivity index is 1.98. The number of carbonyl (C=O) groups is 1. The fraction of sp³-hybridized carbons (Fsp3) is 0.381. The molecule has 3 aromatic rings. The van der Waals surface area contributed by atoms with Crippen LogP contribution in [0.2, 0.25) is 0 Å². The molecule has 0 radical (unpaired) electrons. The van der Waals surface area contributed by atoms with Crippen LogP contribution in [0.25, 0.3) is 5.78 Å². The topological polar surface area (TPSA) is 107 Å². The lowest BCUT2D eigenvalue weighted by atomic mass is 10.1. The van der Waals surface area contributed by atoms with Crippen molar-refractivity contribution in [3.8, 4) is 6.07 Å². The van der Waals surface area contributed by atoms with Gasteiger partial charge in [0.15, 0.2) is 0 Å². The number of anilines is 1. The van der Waals surface area contributed by atoms with Crippen molar-refractivity contribution in [1.82, 2.24) is 19.6 Å². The smallest absolute Gasteiger partial charge is 0.277 e. The van der Waals surface area contributed by atoms with E-state index in [1.54, 1.807) is 26.0 Å². The molecule has 0 atom stereocenters. The normalized spacial score (nSPS) is 10.8. The van der Waals surface area contributed by atoms with Crippen LogP contribution in [-0.2, 0) is 11.3 Å². The van der Waals surface area contributed by atoms with Gasteiger partial charge in [-0.1, -0.05) is 31.9 Å². The summed E-state index contributed by atoms with van der Waals surface area (Å²) in [7, 11) is 0. The van der Waals surface area contributed by atoms with E-state index >= 15 is 0 Å². The number of hydrogen-bond acceptors (Lipinski definition) is 5. The van der Waals surface area contributed by atoms with Gasteiger partial charge in [-0.2, -0.15) is 14.8 Å². The van der Waals surface area contributed by atoms with E-state index in [9.17, 15) is 9.59 Å². The second-order valence-corrected chi connectivity index (χ2v) is 7.06. The van der Waals surface area contributed by atoms with Gasteiger partial charge in [0, 0.05) is 17.7 Å². The van der Waals surface area contributed by atoms with Crippen molar-refractivity contribution in [3.63, 3.8) is 0 Å². The van der Waals surface area contributed by atoms with Gasteiger partial charge in [-0.15, -0.1) is 0 Å². The van der Waals surface area contributed by atoms with Crippen LogP contribution in [0.3, 0.4) is 0 Å². The van der Waals surface area contributed by atoms with Crippen LogP contribution in [0.15, 0.2) is 29.1 Å². The number of aromatic nitrogens is 4. The number of rotatable bonds is 7. The number of nitrogens with zero attached hydrogens (tertiary/aromatic N) is 5. The van der Waals surface area contributed by atoms with E-state index in [0.29, 0.717) is 23.2 Å². The minimum absolute atomic E-state index is 0.0802. The summed E-state index contributed by atoms with van der Waals surface area (Å²) in [5.41, 5.74) is 2.33. The highest BCUT2D eigenvalue weighted by Crippen LogP contribution is 2.17. The molecule has 0 bridgehead atoms. The van der Waals surface area contributed by atoms with Crippen molar-refractivity contribution in [2.75, 3.05) is 4.90 Å². The minimum atomic E-state index is -0.233. The Morgan fingerprint density at radius 1 is 1.21 bits per heavy atom. The highest BCUT2D eigenvalue weighted by molar-refractivity contribution is 5.91. The molecular formula is C21H24N6O2. The number of amides is 1. The molecule has 0 unspecified atom stereocenters. The third-order valence-electron chi connectivity index (χ3n) is 4.93. The Kier molecular flexibility index (Phi) is 6.07. The first kappa shape index (κ1) is 20.3. The summed E-state index contributed by atoms with van der Waals surface area (Å²) in [4.78, 5) is 35.8. The average Bonchev–Trinajstić information content (AvgIpc) is 3.14. The molecule has 1 N–H and O–H groups in total. The van der Waals surface area contributed by atoms with Gasteiger partial charge < -0.3 is 0 Å². The SMILES string of the molecule is CCCCCC(=O)N(Cc1ccc(C#N)cc1)c1nc2nc(C)c(C)c(=O)n2[nH]1. The number of aromatic amines is 1. The van der Waals surface area contributed by atoms with E-state index in [0.717, 1.165) is 24.8 Å². The standard InChI is InChI=1S/C21H24N6O2/c1-4-5-6-7-18(28)26(13-17-10-8-16(12-22)9-11-17)21-24-20-23-15(3)14(2)19(29)27(20)25-21/h8-11H,4-7,13H2,1-3H3,(H,23,24,25). The maximum atomic E-state index is 12.9. The number of nitrogens with one attached hydrogen (secondary N) is 1. The fourth-order valence-electron chi connectivity index (χ4n) is 3.02. The van der Waals surface area contributed by atoms with E-state index < -0.39 is 0 Å². The molecule has 0 aliphatic carbocycles. The number of nitriles is 1. The van der Waals surface area contributed by atoms with E-state index in [2.05, 4.69) is 28.1 Å². The third kappa shape index (κ3) is 4.35. The number of unbranched alkanes of at least 4 members (excludes halogenated alkanes) is 2. The van der Waals surface area contributed by atoms with Crippen molar-refractivity contribution in [2.24, 2.45) is 0 Å². The minimum Gasteiger partial charge on any atom is -0.277 e. The van der Waals surface area contributed by atoms with Crippen LogP contribution in [0.4, 0.5) is 5.95 Å². The third-order valence-corrected chi connectivity index (χ3v) is 4.93. The highest BCUT2D eigenvalue weighted by Gasteiger charge is 2.21. The van der Waals surface area contributed by atoms with Crippen LogP contribution in [0.1, 0.15) is 55.0 Å². The largest absolute Gasteiger partial charge is 0.277 e. The van der Waals surface area contributed by atoms with Crippen molar-refractivity contribution in [2.45, 2.75) is 53.0 Å². The summed E-state index contributed by atoms with van der Waals surface area (Å²) >= 11 is 0. The fourth-order valence-corrected chi connectivity index (χ4v) is 3.02. The van der Waals surface area contributed by atoms with Gasteiger partial charge in [-0.05, 0) is 38.0 Å². The Morgan fingerprint density at radius 3 is 2.59 bits per heavy atom. The zero-order valence-corrected chi connectivity index (χ0v) is 16.9. The molecule has 2 aromatic heterocycles. The number of aryl methyl sites for hydroxylation is 1. The molecule has 1 aromatic carbocycles. The van der Waals surface area contributed by atoms with Gasteiger partial charge in [0.1, 0.15) is 0 Å². The highest BCUT2D eigenvalue weighted by atomic mass is 16.2. The zero-order valence-electron chi connectivity index (χ0n) is 16.9. The lowest BCUT2D eigenvalue weighted by Gasteiger charge is -2.20. The van der Waals surface area contributed by atoms with Crippen LogP contribution < -0.4 is 10.5 Å². The van der Waals surface area contributed by atoms with Crippen molar-refractivity contribution < 1.29 is 4.79 Å². The van der Waals surface area contributed by atoms with Crippen LogP contribution in [0, 0.1) is 25.2 Å². The number of hydrogen-bond donors (Lipinski definition) is 1. The Morgan fingerprint density at radius 2 is 1.93 bits per heavy atom. The van der Waals surface area contributed by atoms with Gasteiger partial charge in [-0.25, -0.2) is 4.98 Å². The first-order valence-electron chi connectivity index (χ1n) is 9.70. The molecular weight excluding hydrogens is 368 g/mol. The molecule has 0 aliphatic rings. The second-order valence-electron chi connectivity index (χ2n) is 7.06. The van der Waals surface area contributed by atoms with Crippen molar-refractivity contribution in [1.29, 1.82) is 5.26 Å². The van der Waals surface area contributed by atoms with Gasteiger partial charge in [0.2, 0.25) is 11.9 Å². The maximum Gasteiger partial charge on any atom is 0.277 e. The van der Waals surface area contributed by atoms with E-state index in [1.807, 2.05) is 12.1 Å². The van der Waals surface area contributed by atoms with Gasteiger partial charge >= 0.3 is 0 Å². The predicted molar refractivity (Wildman–Crippen MR) is 110 cm³/mol. The van der Waals surface area contributed by atoms with Crippen molar-refractivity contribution in [3.05, 3.63) is 57.0 Å². The lowest BCUT2D eigenvalue weighted by molar-refractivity contribution is -0.118. The van der Waals surface area contributed by atoms with Gasteiger partial charge in [-0.3, -0.25) is 19.6 Å². The Labute approximate surface area is 168 Å². The maximum absolute atomic E-state index is 12.9. The summed E-state index contributed by atoms with van der Waals surface area (Å²) in [6, 6.07) is 9.14. The number of benzene rings is 1. The second kappa shape index (κ2) is 8.69. The molecule has 1 amide bonds. The van der Waals surface area contributed by atoms with Gasteiger partial charge in [0.05, 0.1) is 18.2 Å². The van der Waals surface area contributed by atoms with E-state index in [-0.39, 0.29) is 29.7 Å². The van der Waals surface area contributed by atoms with Gasteiger partial charge in [0.25, 0.3) is 11.3 Å². The van der Waals surface area contributed by atoms with E-state index in [4.69, 9.17) is 5.26 Å². The Bertz CT molecular complexity index is 1120. The molecule has 0 spiro atoms. The average molecular weight is 392 g/mol. The zero-order chi connectivity index (χ0) is 21.0. The molecule has 150 valence electrons. The summed E-state index contributed by atoms with van der Waals surface area (Å²) in [5, 5.41) is 11.9. The molecule has 0 aliphatic heterocycles. The van der Waals surface area contributed by atoms with Crippen molar-refractivity contribution >= 4 is 17.6 Å². The lowest BCUT2D eigenvalue weighted by Crippen LogP contribution is -2.31. The predicted octanol–water partition coefficient (Wildman–Crippen LogP) is 3.02. The molecule has 0 saturated heterocycles. The molecule has 8 nitrogen and oxygen atoms in total. The quantitative estimate of drug-likeness (QED) is 0.622. The summed E-state index contributed by atoms with van der Waals surface area (Å²) < 4.78 is 1.27. The monoisotopic (exact) mass is 392 g/mol. The molecule has 2 heterocycles.